The van der Waals surface area contributed by atoms with E-state index < -0.39 is 32.5 Å². The van der Waals surface area contributed by atoms with E-state index in [-0.39, 0.29) is 26.1 Å². The molecule has 0 radical (unpaired) electrons. The molecule has 94 heavy (non-hydrogen) atoms. The number of quaternary nitrogens is 1. The van der Waals surface area contributed by atoms with Gasteiger partial charge in [-0.15, -0.1) is 0 Å². The van der Waals surface area contributed by atoms with Gasteiger partial charge in [0, 0.05) is 12.8 Å². The van der Waals surface area contributed by atoms with Crippen molar-refractivity contribution in [3.8, 4) is 0 Å². The molecule has 0 rings (SSSR count). The molecule has 0 aromatic rings. The van der Waals surface area contributed by atoms with Gasteiger partial charge in [-0.1, -0.05) is 297 Å². The lowest BCUT2D eigenvalue weighted by Gasteiger charge is -2.28. The lowest BCUT2D eigenvalue weighted by molar-refractivity contribution is -0.870. The average Bonchev–Trinajstić information content (AvgIpc) is 1.56. The number of hydrogen-bond acceptors (Lipinski definition) is 8. The molecule has 0 bridgehead atoms. The van der Waals surface area contributed by atoms with Crippen molar-refractivity contribution in [1.29, 1.82) is 0 Å². The van der Waals surface area contributed by atoms with E-state index in [0.29, 0.717) is 23.9 Å². The molecule has 0 saturated carbocycles. The van der Waals surface area contributed by atoms with Gasteiger partial charge in [-0.25, -0.2) is 0 Å². The van der Waals surface area contributed by atoms with Gasteiger partial charge in [0.05, 0.1) is 27.7 Å². The number of rotatable bonds is 64. The van der Waals surface area contributed by atoms with E-state index >= 15 is 0 Å². The zero-order valence-electron chi connectivity index (χ0n) is 59.8. The van der Waals surface area contributed by atoms with Crippen molar-refractivity contribution in [3.05, 3.63) is 219 Å². The van der Waals surface area contributed by atoms with Gasteiger partial charge in [-0.2, -0.15) is 0 Å². The summed E-state index contributed by atoms with van der Waals surface area (Å²) in [5.41, 5.74) is 0. The average molecular weight is 1310 g/mol. The standard InChI is InChI=1S/C84H132NO8P/c1-6-8-10-12-14-16-18-20-22-24-26-28-30-32-34-36-38-39-40-41-42-43-44-45-47-49-51-53-55-57-59-61-63-65-67-69-71-73-75-77-84(87)93-82(81-92-94(88,89)91-79-78-85(3,4)5)80-90-83(86)76-74-72-70-68-66-64-62-60-58-56-54-52-50-48-46-37-35-33-31-29-27-25-23-21-19-17-15-13-11-9-7-2/h8-11,14-17,20-23,26-29,32-35,38-39,41-42,44-46,48-49,51-52,54-55,57-58,60,82H,6-7,12-13,18-19,24-25,30-31,36-37,40,43,47,50,53,56,59,61-81H2,1-5H3/b10-8-,11-9-,16-14-,17-15-,22-20-,23-21-,28-26-,29-27-,34-32-,35-33-,39-38-,42-41-,45-44-,48-46-,51-49-,54-52-,57-55-,60-58-. The molecule has 0 fully saturated rings. The first kappa shape index (κ1) is 88.3. The Morgan fingerprint density at radius 1 is 0.330 bits per heavy atom. The van der Waals surface area contributed by atoms with Crippen LogP contribution in [0.4, 0.5) is 0 Å². The first-order valence-electron chi connectivity index (χ1n) is 36.4. The summed E-state index contributed by atoms with van der Waals surface area (Å²) >= 11 is 0. The summed E-state index contributed by atoms with van der Waals surface area (Å²) in [6.07, 6.45) is 114. The Morgan fingerprint density at radius 2 is 0.574 bits per heavy atom. The van der Waals surface area contributed by atoms with Crippen molar-refractivity contribution < 1.29 is 42.1 Å². The quantitative estimate of drug-likeness (QED) is 0.0195. The Balaban J connectivity index is 4.19. The van der Waals surface area contributed by atoms with Gasteiger partial charge >= 0.3 is 11.9 Å². The zero-order valence-corrected chi connectivity index (χ0v) is 60.7. The number of phosphoric ester groups is 1. The fourth-order valence-corrected chi connectivity index (χ4v) is 9.72. The van der Waals surface area contributed by atoms with Crippen molar-refractivity contribution in [3.63, 3.8) is 0 Å². The van der Waals surface area contributed by atoms with Crippen molar-refractivity contribution in [2.24, 2.45) is 0 Å². The van der Waals surface area contributed by atoms with Gasteiger partial charge in [0.25, 0.3) is 7.82 Å². The summed E-state index contributed by atoms with van der Waals surface area (Å²) < 4.78 is 34.3. The monoisotopic (exact) mass is 1310 g/mol. The van der Waals surface area contributed by atoms with Crippen LogP contribution in [0, 0.1) is 0 Å². The van der Waals surface area contributed by atoms with Crippen LogP contribution in [0.1, 0.15) is 245 Å². The number of phosphoric acid groups is 1. The zero-order chi connectivity index (χ0) is 68.3. The number of hydrogen-bond donors (Lipinski definition) is 0. The number of unbranched alkanes of at least 4 members (excludes halogenated alkanes) is 14. The van der Waals surface area contributed by atoms with Gasteiger partial charge in [-0.3, -0.25) is 14.2 Å². The molecule has 0 aromatic carbocycles. The molecule has 10 heteroatoms. The molecule has 0 aliphatic rings. The van der Waals surface area contributed by atoms with Gasteiger partial charge in [-0.05, 0) is 154 Å². The van der Waals surface area contributed by atoms with Gasteiger partial charge in [0.2, 0.25) is 0 Å². The fraction of sp³-hybridized carbons (Fsp3) is 0.548. The first-order valence-corrected chi connectivity index (χ1v) is 37.9. The molecule has 0 aromatic heterocycles. The van der Waals surface area contributed by atoms with Crippen molar-refractivity contribution in [1.82, 2.24) is 0 Å². The van der Waals surface area contributed by atoms with Crippen LogP contribution in [0.2, 0.25) is 0 Å². The van der Waals surface area contributed by atoms with Crippen LogP contribution in [0.3, 0.4) is 0 Å². The summed E-state index contributed by atoms with van der Waals surface area (Å²) in [6, 6.07) is 0. The molecule has 0 heterocycles. The lowest BCUT2D eigenvalue weighted by Crippen LogP contribution is -2.37. The van der Waals surface area contributed by atoms with Crippen LogP contribution >= 0.6 is 7.82 Å². The van der Waals surface area contributed by atoms with Crippen molar-refractivity contribution in [2.75, 3.05) is 47.5 Å². The molecule has 0 spiro atoms. The molecule has 0 aliphatic heterocycles. The van der Waals surface area contributed by atoms with Gasteiger partial charge < -0.3 is 27.9 Å². The summed E-state index contributed by atoms with van der Waals surface area (Å²) in [5, 5.41) is 0. The summed E-state index contributed by atoms with van der Waals surface area (Å²) in [7, 11) is 1.12. The number of carbonyl (C=O) groups excluding carboxylic acids is 2. The maximum absolute atomic E-state index is 12.9. The molecule has 0 saturated heterocycles. The third kappa shape index (κ3) is 75.4. The Labute approximate surface area is 576 Å². The van der Waals surface area contributed by atoms with Crippen LogP contribution in [0.25, 0.3) is 0 Å². The largest absolute Gasteiger partial charge is 0.756 e. The summed E-state index contributed by atoms with van der Waals surface area (Å²) in [5.74, 6) is -0.876. The topological polar surface area (TPSA) is 111 Å². The predicted octanol–water partition coefficient (Wildman–Crippen LogP) is 23.7. The molecule has 2 unspecified atom stereocenters. The number of esters is 2. The van der Waals surface area contributed by atoms with Crippen molar-refractivity contribution in [2.45, 2.75) is 251 Å². The molecule has 9 nitrogen and oxygen atoms in total. The van der Waals surface area contributed by atoms with Crippen LogP contribution in [0.15, 0.2) is 219 Å². The van der Waals surface area contributed by atoms with Gasteiger partial charge in [0.15, 0.2) is 6.10 Å². The highest BCUT2D eigenvalue weighted by molar-refractivity contribution is 7.45. The minimum atomic E-state index is -4.67. The van der Waals surface area contributed by atoms with Crippen molar-refractivity contribution >= 4 is 19.8 Å². The molecule has 0 aliphatic carbocycles. The van der Waals surface area contributed by atoms with E-state index in [2.05, 4.69) is 233 Å². The molecule has 0 amide bonds. The second-order valence-corrected chi connectivity index (χ2v) is 25.9. The van der Waals surface area contributed by atoms with E-state index in [0.717, 1.165) is 180 Å². The number of ether oxygens (including phenoxy) is 2. The SMILES string of the molecule is CC/C=C\C/C=C\C/C=C\C/C=C\C/C=C\C/C=C\C/C=C\C/C=C\C/C=C\C/C=C\CCCCCCCCCCC(=O)OC(COC(=O)CCCCCCCC/C=C\C/C=C\C/C=C\C/C=C\C/C=C\C/C=C\C/C=C\C/C=C\CC)COP(=O)([O-])OCC[N+](C)(C)C. The predicted molar refractivity (Wildman–Crippen MR) is 405 cm³/mol. The first-order chi connectivity index (χ1) is 46.0. The Bertz CT molecular complexity index is 2390. The fourth-order valence-electron chi connectivity index (χ4n) is 8.99. The van der Waals surface area contributed by atoms with E-state index in [1.165, 1.54) is 25.7 Å². The second-order valence-electron chi connectivity index (χ2n) is 24.5. The highest BCUT2D eigenvalue weighted by Gasteiger charge is 2.22. The normalized spacial score (nSPS) is 14.4. The van der Waals surface area contributed by atoms with E-state index in [4.69, 9.17) is 18.5 Å². The maximum Gasteiger partial charge on any atom is 0.306 e. The summed E-state index contributed by atoms with van der Waals surface area (Å²) in [4.78, 5) is 38.1. The smallest absolute Gasteiger partial charge is 0.306 e. The van der Waals surface area contributed by atoms with Crippen LogP contribution in [-0.2, 0) is 32.7 Å². The van der Waals surface area contributed by atoms with Crippen LogP contribution in [-0.4, -0.2) is 70.0 Å². The molecular formula is C84H132NO8P. The maximum atomic E-state index is 12.9. The second kappa shape index (κ2) is 71.6. The number of carbonyl (C=O) groups is 2. The Hall–Kier alpha value is -5.67. The van der Waals surface area contributed by atoms with E-state index in [9.17, 15) is 19.0 Å². The number of likely N-dealkylation sites (N-methyl/N-ethyl adjacent to an activating group) is 1. The third-order valence-electron chi connectivity index (χ3n) is 14.5. The van der Waals surface area contributed by atoms with Crippen LogP contribution in [0.5, 0.6) is 0 Å². The number of nitrogens with zero attached hydrogens (tertiary/aromatic N) is 1. The highest BCUT2D eigenvalue weighted by Crippen LogP contribution is 2.38. The summed E-state index contributed by atoms with van der Waals surface area (Å²) in [6.45, 7) is 3.96. The van der Waals surface area contributed by atoms with Crippen LogP contribution < -0.4 is 4.89 Å². The molecular weight excluding hydrogens is 1180 g/mol. The lowest BCUT2D eigenvalue weighted by atomic mass is 10.1. The van der Waals surface area contributed by atoms with E-state index in [1.807, 2.05) is 21.1 Å². The third-order valence-corrected chi connectivity index (χ3v) is 15.5. The highest BCUT2D eigenvalue weighted by atomic mass is 31.2. The van der Waals surface area contributed by atoms with E-state index in [1.54, 1.807) is 0 Å². The van der Waals surface area contributed by atoms with Gasteiger partial charge in [0.1, 0.15) is 19.8 Å². The molecule has 0 N–H and O–H groups in total. The Morgan fingerprint density at radius 3 is 0.851 bits per heavy atom. The molecule has 2 atom stereocenters. The minimum absolute atomic E-state index is 0.0476. The number of allylic oxidation sites excluding steroid dienone is 36. The minimum Gasteiger partial charge on any atom is -0.756 e. The molecule has 526 valence electrons. The Kier molecular flexibility index (Phi) is 67.3.